The SMILES string of the molecule is Cl.Cn1nc2cc(N3CCCC(O)C3)c(NC(=O)c3cocn3)cc2c1-c1ccnc(N)c1. The highest BCUT2D eigenvalue weighted by Crippen LogP contribution is 2.37. The average molecular weight is 470 g/mol. The van der Waals surface area contributed by atoms with Crippen molar-refractivity contribution in [2.75, 3.05) is 29.0 Å². The topological polar surface area (TPSA) is 135 Å². The number of amides is 1. The first-order valence-corrected chi connectivity index (χ1v) is 10.3. The Kier molecular flexibility index (Phi) is 6.21. The van der Waals surface area contributed by atoms with Crippen molar-refractivity contribution in [1.82, 2.24) is 19.7 Å². The zero-order valence-corrected chi connectivity index (χ0v) is 18.7. The van der Waals surface area contributed by atoms with E-state index in [2.05, 4.69) is 20.2 Å². The first-order chi connectivity index (χ1) is 15.5. The molecule has 0 radical (unpaired) electrons. The first-order valence-electron chi connectivity index (χ1n) is 10.3. The van der Waals surface area contributed by atoms with Crippen LogP contribution in [0.1, 0.15) is 23.3 Å². The van der Waals surface area contributed by atoms with E-state index < -0.39 is 6.10 Å². The van der Waals surface area contributed by atoms with E-state index in [0.29, 0.717) is 18.1 Å². The molecule has 0 bridgehead atoms. The summed E-state index contributed by atoms with van der Waals surface area (Å²) in [6, 6.07) is 7.51. The largest absolute Gasteiger partial charge is 0.451 e. The van der Waals surface area contributed by atoms with Gasteiger partial charge in [-0.2, -0.15) is 5.10 Å². The lowest BCUT2D eigenvalue weighted by Crippen LogP contribution is -2.38. The number of nitrogen functional groups attached to an aromatic ring is 1. The van der Waals surface area contributed by atoms with E-state index in [0.717, 1.165) is 47.2 Å². The Morgan fingerprint density at radius 2 is 2.15 bits per heavy atom. The first kappa shape index (κ1) is 22.6. The van der Waals surface area contributed by atoms with Crippen LogP contribution < -0.4 is 16.0 Å². The number of aryl methyl sites for hydroxylation is 1. The lowest BCUT2D eigenvalue weighted by molar-refractivity contribution is 0.102. The number of hydrogen-bond donors (Lipinski definition) is 3. The fourth-order valence-electron chi connectivity index (χ4n) is 4.22. The summed E-state index contributed by atoms with van der Waals surface area (Å²) in [5.41, 5.74) is 9.99. The molecule has 33 heavy (non-hydrogen) atoms. The summed E-state index contributed by atoms with van der Waals surface area (Å²) in [4.78, 5) is 22.9. The van der Waals surface area contributed by atoms with Crippen molar-refractivity contribution in [2.24, 2.45) is 7.05 Å². The number of β-amino-alcohol motifs (C(OH)–C–C–N with tert-alkyl or cyclic N) is 1. The van der Waals surface area contributed by atoms with Crippen LogP contribution in [0.15, 0.2) is 47.5 Å². The number of hydrogen-bond acceptors (Lipinski definition) is 8. The average Bonchev–Trinajstić information content (AvgIpc) is 3.40. The maximum absolute atomic E-state index is 12.8. The molecule has 172 valence electrons. The minimum absolute atomic E-state index is 0. The third kappa shape index (κ3) is 4.35. The molecule has 4 aromatic rings. The number of rotatable bonds is 4. The minimum Gasteiger partial charge on any atom is -0.451 e. The highest BCUT2D eigenvalue weighted by Gasteiger charge is 2.24. The molecule has 1 atom stereocenters. The number of nitrogens with zero attached hydrogens (tertiary/aromatic N) is 5. The van der Waals surface area contributed by atoms with Crippen molar-refractivity contribution in [3.63, 3.8) is 0 Å². The number of anilines is 3. The lowest BCUT2D eigenvalue weighted by Gasteiger charge is -2.33. The van der Waals surface area contributed by atoms with E-state index in [1.165, 1.54) is 12.7 Å². The maximum atomic E-state index is 12.8. The van der Waals surface area contributed by atoms with Crippen LogP contribution in [0.3, 0.4) is 0 Å². The molecular weight excluding hydrogens is 446 g/mol. The van der Waals surface area contributed by atoms with E-state index in [4.69, 9.17) is 15.2 Å². The molecule has 4 N–H and O–H groups in total. The van der Waals surface area contributed by atoms with Gasteiger partial charge in [-0.1, -0.05) is 0 Å². The number of halogens is 1. The summed E-state index contributed by atoms with van der Waals surface area (Å²) in [6.45, 7) is 1.26. The van der Waals surface area contributed by atoms with Gasteiger partial charge in [-0.05, 0) is 37.1 Å². The molecule has 1 amide bonds. The number of nitrogens with one attached hydrogen (secondary N) is 1. The van der Waals surface area contributed by atoms with Gasteiger partial charge in [0.15, 0.2) is 12.1 Å². The number of oxazole rings is 1. The fourth-order valence-corrected chi connectivity index (χ4v) is 4.22. The second kappa shape index (κ2) is 9.08. The molecule has 4 heterocycles. The van der Waals surface area contributed by atoms with Crippen molar-refractivity contribution in [2.45, 2.75) is 18.9 Å². The van der Waals surface area contributed by atoms with E-state index >= 15 is 0 Å². The number of aromatic nitrogens is 4. The molecule has 3 aromatic heterocycles. The normalized spacial score (nSPS) is 15.9. The van der Waals surface area contributed by atoms with Crippen LogP contribution in [-0.4, -0.2) is 50.0 Å². The van der Waals surface area contributed by atoms with Gasteiger partial charge >= 0.3 is 0 Å². The van der Waals surface area contributed by atoms with Gasteiger partial charge in [0.1, 0.15) is 12.1 Å². The predicted octanol–water partition coefficient (Wildman–Crippen LogP) is 2.84. The monoisotopic (exact) mass is 469 g/mol. The lowest BCUT2D eigenvalue weighted by atomic mass is 10.0. The molecule has 0 saturated carbocycles. The Bertz CT molecular complexity index is 1290. The summed E-state index contributed by atoms with van der Waals surface area (Å²) < 4.78 is 6.74. The Morgan fingerprint density at radius 3 is 2.88 bits per heavy atom. The second-order valence-electron chi connectivity index (χ2n) is 7.90. The summed E-state index contributed by atoms with van der Waals surface area (Å²) in [5, 5.41) is 18.7. The second-order valence-corrected chi connectivity index (χ2v) is 7.90. The summed E-state index contributed by atoms with van der Waals surface area (Å²) >= 11 is 0. The zero-order valence-electron chi connectivity index (χ0n) is 17.9. The molecule has 5 rings (SSSR count). The van der Waals surface area contributed by atoms with Crippen LogP contribution in [-0.2, 0) is 7.05 Å². The van der Waals surface area contributed by atoms with Crippen LogP contribution in [0, 0.1) is 0 Å². The highest BCUT2D eigenvalue weighted by molar-refractivity contribution is 6.07. The van der Waals surface area contributed by atoms with Gasteiger partial charge < -0.3 is 25.5 Å². The van der Waals surface area contributed by atoms with Gasteiger partial charge in [-0.15, -0.1) is 12.4 Å². The smallest absolute Gasteiger partial charge is 0.277 e. The molecule has 1 saturated heterocycles. The Balaban J connectivity index is 0.00000259. The van der Waals surface area contributed by atoms with Crippen LogP contribution in [0.5, 0.6) is 0 Å². The standard InChI is InChI=1S/C22H23N7O3.ClH/c1-28-21(13-4-5-24-20(23)7-13)15-8-17(26-22(31)18-11-32-12-25-18)19(9-16(15)27-28)29-6-2-3-14(30)10-29;/h4-5,7-9,11-12,14,30H,2-3,6,10H2,1H3,(H2,23,24)(H,26,31);1H. The number of carbonyl (C=O) groups is 1. The Hall–Kier alpha value is -3.63. The third-order valence-corrected chi connectivity index (χ3v) is 5.66. The Labute approximate surface area is 195 Å². The maximum Gasteiger partial charge on any atom is 0.277 e. The van der Waals surface area contributed by atoms with Crippen molar-refractivity contribution >= 4 is 46.4 Å². The molecule has 0 spiro atoms. The molecular formula is C22H24ClN7O3. The molecule has 11 heteroatoms. The number of pyridine rings is 1. The molecule has 1 aliphatic rings. The molecule has 1 fully saturated rings. The van der Waals surface area contributed by atoms with Gasteiger partial charge in [0.2, 0.25) is 0 Å². The number of nitrogens with two attached hydrogens (primary N) is 1. The number of benzene rings is 1. The number of aliphatic hydroxyl groups excluding tert-OH is 1. The zero-order chi connectivity index (χ0) is 22.2. The van der Waals surface area contributed by atoms with Crippen molar-refractivity contribution in [3.8, 4) is 11.3 Å². The van der Waals surface area contributed by atoms with Crippen molar-refractivity contribution in [3.05, 3.63) is 48.8 Å². The number of aliphatic hydroxyl groups is 1. The Morgan fingerprint density at radius 1 is 1.30 bits per heavy atom. The molecule has 1 unspecified atom stereocenters. The number of fused-ring (bicyclic) bond motifs is 1. The highest BCUT2D eigenvalue weighted by atomic mass is 35.5. The van der Waals surface area contributed by atoms with Crippen molar-refractivity contribution < 1.29 is 14.3 Å². The number of carbonyl (C=O) groups excluding carboxylic acids is 1. The number of piperidine rings is 1. The van der Waals surface area contributed by atoms with E-state index in [1.54, 1.807) is 16.9 Å². The summed E-state index contributed by atoms with van der Waals surface area (Å²) in [6.07, 6.45) is 5.37. The fraction of sp³-hybridized carbons (Fsp3) is 0.273. The van der Waals surface area contributed by atoms with Gasteiger partial charge in [0.05, 0.1) is 28.7 Å². The third-order valence-electron chi connectivity index (χ3n) is 5.66. The minimum atomic E-state index is -0.419. The van der Waals surface area contributed by atoms with E-state index in [1.807, 2.05) is 25.2 Å². The van der Waals surface area contributed by atoms with Crippen molar-refractivity contribution in [1.29, 1.82) is 0 Å². The van der Waals surface area contributed by atoms with Gasteiger partial charge in [0.25, 0.3) is 5.91 Å². The van der Waals surface area contributed by atoms with E-state index in [-0.39, 0.29) is 24.0 Å². The molecule has 0 aliphatic carbocycles. The van der Waals surface area contributed by atoms with Crippen LogP contribution >= 0.6 is 12.4 Å². The molecule has 1 aromatic carbocycles. The summed E-state index contributed by atoms with van der Waals surface area (Å²) in [5.74, 6) is 0.0332. The molecule has 10 nitrogen and oxygen atoms in total. The van der Waals surface area contributed by atoms with Gasteiger partial charge in [-0.3, -0.25) is 9.48 Å². The summed E-state index contributed by atoms with van der Waals surface area (Å²) in [7, 11) is 1.87. The molecule has 1 aliphatic heterocycles. The van der Waals surface area contributed by atoms with Gasteiger partial charge in [0, 0.05) is 37.3 Å². The van der Waals surface area contributed by atoms with Gasteiger partial charge in [-0.25, -0.2) is 9.97 Å². The van der Waals surface area contributed by atoms with Crippen LogP contribution in [0.4, 0.5) is 17.2 Å². The van der Waals surface area contributed by atoms with Crippen LogP contribution in [0.25, 0.3) is 22.2 Å². The van der Waals surface area contributed by atoms with Crippen LogP contribution in [0.2, 0.25) is 0 Å². The predicted molar refractivity (Wildman–Crippen MR) is 128 cm³/mol. The van der Waals surface area contributed by atoms with E-state index in [9.17, 15) is 9.90 Å². The quantitative estimate of drug-likeness (QED) is 0.415.